The third-order valence-electron chi connectivity index (χ3n) is 6.50. The van der Waals surface area contributed by atoms with E-state index < -0.39 is 17.2 Å². The first-order valence-corrected chi connectivity index (χ1v) is 10.0. The monoisotopic (exact) mass is 416 g/mol. The van der Waals surface area contributed by atoms with Gasteiger partial charge in [0.2, 0.25) is 11.8 Å². The number of aromatic nitrogens is 1. The van der Waals surface area contributed by atoms with E-state index in [1.54, 1.807) is 12.1 Å². The molecule has 2 aliphatic rings. The number of carboxylic acid groups (broad SMARTS) is 1. The first kappa shape index (κ1) is 19.2. The van der Waals surface area contributed by atoms with E-state index >= 15 is 0 Å². The van der Waals surface area contributed by atoms with Crippen molar-refractivity contribution in [1.29, 1.82) is 5.26 Å². The second kappa shape index (κ2) is 6.37. The van der Waals surface area contributed by atoms with Gasteiger partial charge < -0.3 is 20.1 Å². The Kier molecular flexibility index (Phi) is 3.95. The van der Waals surface area contributed by atoms with Gasteiger partial charge in [0.1, 0.15) is 5.60 Å². The number of fused-ring (bicyclic) bond motifs is 6. The Morgan fingerprint density at radius 2 is 1.87 bits per heavy atom. The lowest BCUT2D eigenvalue weighted by molar-refractivity contribution is -0.131. The second-order valence-electron chi connectivity index (χ2n) is 8.29. The van der Waals surface area contributed by atoms with Crippen molar-refractivity contribution >= 4 is 16.7 Å². The van der Waals surface area contributed by atoms with Crippen molar-refractivity contribution in [3.8, 4) is 23.5 Å². The summed E-state index contributed by atoms with van der Waals surface area (Å²) in [6.45, 7) is 1.88. The van der Waals surface area contributed by atoms with Gasteiger partial charge in [-0.3, -0.25) is 4.57 Å². The molecule has 0 amide bonds. The van der Waals surface area contributed by atoms with Gasteiger partial charge in [0.15, 0.2) is 0 Å². The highest BCUT2D eigenvalue weighted by Gasteiger charge is 2.61. The molecule has 5 rings (SSSR count). The van der Waals surface area contributed by atoms with Gasteiger partial charge in [-0.25, -0.2) is 4.79 Å². The van der Waals surface area contributed by atoms with E-state index in [-0.39, 0.29) is 18.2 Å². The van der Waals surface area contributed by atoms with Crippen LogP contribution in [-0.2, 0) is 20.7 Å². The maximum Gasteiger partial charge on any atom is 0.327 e. The number of carbonyl (C=O) groups is 1. The lowest BCUT2D eigenvalue weighted by Crippen LogP contribution is -2.21. The van der Waals surface area contributed by atoms with Crippen LogP contribution >= 0.6 is 0 Å². The Morgan fingerprint density at radius 3 is 2.58 bits per heavy atom. The first-order valence-electron chi connectivity index (χ1n) is 10.0. The summed E-state index contributed by atoms with van der Waals surface area (Å²) in [6.07, 6.45) is 4.10. The van der Waals surface area contributed by atoms with Crippen LogP contribution in [0.25, 0.3) is 16.5 Å². The van der Waals surface area contributed by atoms with Crippen molar-refractivity contribution in [3.05, 3.63) is 65.2 Å². The fourth-order valence-corrected chi connectivity index (χ4v) is 5.21. The molecule has 0 unspecified atom stereocenters. The highest BCUT2D eigenvalue weighted by molar-refractivity contribution is 5.95. The summed E-state index contributed by atoms with van der Waals surface area (Å²) in [5, 5.41) is 42.4. The molecule has 2 aromatic carbocycles. The number of rotatable bonds is 4. The van der Waals surface area contributed by atoms with Crippen molar-refractivity contribution in [2.45, 2.75) is 37.4 Å². The molecule has 0 radical (unpaired) electrons. The summed E-state index contributed by atoms with van der Waals surface area (Å²) in [5.74, 6) is -1.28. The van der Waals surface area contributed by atoms with E-state index in [1.807, 2.05) is 31.2 Å². The minimum absolute atomic E-state index is 0.103. The molecule has 0 saturated carbocycles. The van der Waals surface area contributed by atoms with Crippen LogP contribution in [0, 0.1) is 11.3 Å². The normalized spacial score (nSPS) is 24.0. The smallest absolute Gasteiger partial charge is 0.327 e. The number of hydrogen-bond acceptors (Lipinski definition) is 5. The molecule has 1 saturated heterocycles. The Morgan fingerprint density at radius 1 is 1.16 bits per heavy atom. The number of ether oxygens (including phenoxy) is 1. The standard InChI is InChI=1S/C24H20N2O5/c1-23-11-12-24(31-23,10-4-7-18(27)28)20-19(23)21(29)26(22(20)30)17-9-8-14(13-25)15-5-2-3-6-16(15)17/h2-9,29-30H,10-12H2,1H3,(H,27,28)/t23-,24+/m1/s1. The summed E-state index contributed by atoms with van der Waals surface area (Å²) in [4.78, 5) is 10.9. The lowest BCUT2D eigenvalue weighted by Gasteiger charge is -2.24. The first-order chi connectivity index (χ1) is 14.8. The number of hydrogen-bond donors (Lipinski definition) is 3. The van der Waals surface area contributed by atoms with Gasteiger partial charge in [0.05, 0.1) is 34.0 Å². The number of carboxylic acids is 1. The molecule has 0 spiro atoms. The molecule has 7 heteroatoms. The molecule has 3 N–H and O–H groups in total. The maximum atomic E-state index is 11.3. The van der Waals surface area contributed by atoms with E-state index in [9.17, 15) is 20.3 Å². The van der Waals surface area contributed by atoms with Crippen LogP contribution in [0.5, 0.6) is 11.8 Å². The predicted molar refractivity (Wildman–Crippen MR) is 112 cm³/mol. The minimum Gasteiger partial charge on any atom is -0.494 e. The second-order valence-corrected chi connectivity index (χ2v) is 8.29. The van der Waals surface area contributed by atoms with E-state index in [0.29, 0.717) is 35.2 Å². The Balaban J connectivity index is 1.75. The summed E-state index contributed by atoms with van der Waals surface area (Å²) in [6, 6.07) is 12.9. The zero-order valence-electron chi connectivity index (χ0n) is 16.8. The number of nitrogens with zero attached hydrogens (tertiary/aromatic N) is 2. The molecular formula is C24H20N2O5. The average molecular weight is 416 g/mol. The quantitative estimate of drug-likeness (QED) is 0.550. The fraction of sp³-hybridized carbons (Fsp3) is 0.250. The SMILES string of the molecule is C[C@]12CC[C@](CC=CC(=O)O)(O1)c1c2c(O)n(-c2ccc(C#N)c3ccccc23)c1O. The summed E-state index contributed by atoms with van der Waals surface area (Å²) < 4.78 is 7.69. The Bertz CT molecular complexity index is 1330. The minimum atomic E-state index is -1.05. The van der Waals surface area contributed by atoms with Crippen LogP contribution in [0.4, 0.5) is 0 Å². The van der Waals surface area contributed by atoms with Crippen molar-refractivity contribution in [3.63, 3.8) is 0 Å². The fourth-order valence-electron chi connectivity index (χ4n) is 5.21. The highest BCUT2D eigenvalue weighted by Crippen LogP contribution is 2.65. The van der Waals surface area contributed by atoms with E-state index in [2.05, 4.69) is 6.07 Å². The molecule has 2 atom stereocenters. The van der Waals surface area contributed by atoms with Crippen LogP contribution < -0.4 is 0 Å². The molecule has 1 aromatic heterocycles. The third-order valence-corrected chi connectivity index (χ3v) is 6.50. The van der Waals surface area contributed by atoms with Gasteiger partial charge in [-0.15, -0.1) is 0 Å². The molecular weight excluding hydrogens is 396 g/mol. The molecule has 1 fully saturated rings. The van der Waals surface area contributed by atoms with Crippen LogP contribution in [0.3, 0.4) is 0 Å². The number of aromatic hydroxyl groups is 2. The largest absolute Gasteiger partial charge is 0.494 e. The van der Waals surface area contributed by atoms with Crippen LogP contribution in [0.1, 0.15) is 42.9 Å². The molecule has 0 aliphatic carbocycles. The van der Waals surface area contributed by atoms with Crippen molar-refractivity contribution < 1.29 is 24.9 Å². The number of aliphatic carboxylic acids is 1. The molecule has 156 valence electrons. The zero-order chi connectivity index (χ0) is 22.0. The Labute approximate surface area is 178 Å². The number of benzene rings is 2. The van der Waals surface area contributed by atoms with Gasteiger partial charge in [-0.05, 0) is 38.3 Å². The van der Waals surface area contributed by atoms with E-state index in [4.69, 9.17) is 9.84 Å². The Hall–Kier alpha value is -3.76. The lowest BCUT2D eigenvalue weighted by atomic mass is 9.78. The van der Waals surface area contributed by atoms with Gasteiger partial charge >= 0.3 is 5.97 Å². The predicted octanol–water partition coefficient (Wildman–Crippen LogP) is 4.18. The average Bonchev–Trinajstić information content (AvgIpc) is 3.32. The summed E-state index contributed by atoms with van der Waals surface area (Å²) in [5.41, 5.74) is 0.421. The van der Waals surface area contributed by atoms with Crippen LogP contribution in [0.2, 0.25) is 0 Å². The van der Waals surface area contributed by atoms with E-state index in [1.165, 1.54) is 10.6 Å². The third kappa shape index (κ3) is 2.52. The summed E-state index contributed by atoms with van der Waals surface area (Å²) in [7, 11) is 0. The summed E-state index contributed by atoms with van der Waals surface area (Å²) >= 11 is 0. The maximum absolute atomic E-state index is 11.3. The van der Waals surface area contributed by atoms with Gasteiger partial charge in [-0.1, -0.05) is 30.3 Å². The zero-order valence-corrected chi connectivity index (χ0v) is 16.8. The molecule has 2 aliphatic heterocycles. The van der Waals surface area contributed by atoms with Gasteiger partial charge in [0.25, 0.3) is 0 Å². The van der Waals surface area contributed by atoms with Crippen LogP contribution in [0.15, 0.2) is 48.6 Å². The van der Waals surface area contributed by atoms with Crippen molar-refractivity contribution in [1.82, 2.24) is 4.57 Å². The molecule has 3 heterocycles. The number of nitriles is 1. The van der Waals surface area contributed by atoms with Gasteiger partial charge in [-0.2, -0.15) is 5.26 Å². The van der Waals surface area contributed by atoms with Crippen molar-refractivity contribution in [2.75, 3.05) is 0 Å². The highest BCUT2D eigenvalue weighted by atomic mass is 16.5. The van der Waals surface area contributed by atoms with Crippen LogP contribution in [-0.4, -0.2) is 25.9 Å². The molecule has 7 nitrogen and oxygen atoms in total. The van der Waals surface area contributed by atoms with Gasteiger partial charge in [0, 0.05) is 16.8 Å². The molecule has 3 aromatic rings. The molecule has 31 heavy (non-hydrogen) atoms. The van der Waals surface area contributed by atoms with E-state index in [0.717, 1.165) is 16.8 Å². The topological polar surface area (TPSA) is 116 Å². The van der Waals surface area contributed by atoms with Crippen molar-refractivity contribution in [2.24, 2.45) is 0 Å². The molecule has 2 bridgehead atoms.